The maximum Gasteiger partial charge on any atom is 0.272 e. The molecule has 0 fully saturated rings. The molecule has 0 bridgehead atoms. The molecule has 2 heterocycles. The van der Waals surface area contributed by atoms with E-state index >= 15 is 0 Å². The van der Waals surface area contributed by atoms with Gasteiger partial charge in [-0.25, -0.2) is 0 Å². The summed E-state index contributed by atoms with van der Waals surface area (Å²) in [5, 5.41) is 6.11. The van der Waals surface area contributed by atoms with Gasteiger partial charge in [-0.2, -0.15) is 0 Å². The van der Waals surface area contributed by atoms with E-state index in [1.165, 1.54) is 0 Å². The molecular weight excluding hydrogens is 252 g/mol. The first kappa shape index (κ1) is 12.5. The zero-order valence-electron chi connectivity index (χ0n) is 11.3. The quantitative estimate of drug-likeness (QED) is 0.889. The highest BCUT2D eigenvalue weighted by Crippen LogP contribution is 2.12. The van der Waals surface area contributed by atoms with Gasteiger partial charge in [0, 0.05) is 31.0 Å². The third-order valence-corrected chi connectivity index (χ3v) is 3.27. The molecule has 5 nitrogen and oxygen atoms in total. The van der Waals surface area contributed by atoms with Crippen molar-refractivity contribution in [1.82, 2.24) is 9.88 Å². The zero-order chi connectivity index (χ0) is 13.9. The number of benzene rings is 1. The highest BCUT2D eigenvalue weighted by Gasteiger charge is 2.10. The van der Waals surface area contributed by atoms with E-state index in [4.69, 9.17) is 0 Å². The van der Waals surface area contributed by atoms with Gasteiger partial charge >= 0.3 is 0 Å². The number of nitrogens with one attached hydrogen (secondary N) is 2. The third-order valence-electron chi connectivity index (χ3n) is 3.27. The molecule has 2 aromatic rings. The van der Waals surface area contributed by atoms with Crippen LogP contribution >= 0.6 is 0 Å². The monoisotopic (exact) mass is 268 g/mol. The van der Waals surface area contributed by atoms with Gasteiger partial charge in [0.1, 0.15) is 11.5 Å². The van der Waals surface area contributed by atoms with E-state index in [0.717, 1.165) is 30.2 Å². The van der Waals surface area contributed by atoms with Crippen molar-refractivity contribution in [2.45, 2.75) is 0 Å². The van der Waals surface area contributed by atoms with Crippen LogP contribution in [0.25, 0.3) is 0 Å². The van der Waals surface area contributed by atoms with Crippen LogP contribution < -0.4 is 10.6 Å². The summed E-state index contributed by atoms with van der Waals surface area (Å²) in [5.41, 5.74) is 2.45. The molecule has 0 saturated carbocycles. The van der Waals surface area contributed by atoms with Gasteiger partial charge in [0.2, 0.25) is 0 Å². The van der Waals surface area contributed by atoms with Crippen molar-refractivity contribution in [2.75, 3.05) is 18.4 Å². The molecule has 102 valence electrons. The number of hydrogen-bond donors (Lipinski definition) is 2. The Hall–Kier alpha value is -2.56. The number of carbonyl (C=O) groups excluding carboxylic acids is 1. The van der Waals surface area contributed by atoms with Crippen molar-refractivity contribution >= 4 is 17.4 Å². The maximum atomic E-state index is 12.1. The zero-order valence-corrected chi connectivity index (χ0v) is 11.3. The largest absolute Gasteiger partial charge is 0.368 e. The lowest BCUT2D eigenvalue weighted by molar-refractivity contribution is 0.101. The van der Waals surface area contributed by atoms with Crippen molar-refractivity contribution in [3.05, 3.63) is 53.9 Å². The second kappa shape index (κ2) is 5.21. The van der Waals surface area contributed by atoms with Crippen molar-refractivity contribution < 1.29 is 4.79 Å². The van der Waals surface area contributed by atoms with Crippen molar-refractivity contribution in [1.29, 1.82) is 0 Å². The SMILES string of the molecule is Cn1cccc1C(=O)Nc1ccc(C2=NCCN2)cc1. The Morgan fingerprint density at radius 2 is 2.10 bits per heavy atom. The fourth-order valence-corrected chi connectivity index (χ4v) is 2.19. The Labute approximate surface area is 117 Å². The van der Waals surface area contributed by atoms with Crippen LogP contribution in [0.1, 0.15) is 16.1 Å². The number of aliphatic imine (C=N–C) groups is 1. The van der Waals surface area contributed by atoms with Gasteiger partial charge in [0.25, 0.3) is 5.91 Å². The molecule has 0 saturated heterocycles. The number of amides is 1. The van der Waals surface area contributed by atoms with Gasteiger partial charge in [-0.05, 0) is 36.4 Å². The third kappa shape index (κ3) is 2.42. The van der Waals surface area contributed by atoms with Gasteiger partial charge in [-0.3, -0.25) is 9.79 Å². The van der Waals surface area contributed by atoms with Crippen LogP contribution in [0.4, 0.5) is 5.69 Å². The highest BCUT2D eigenvalue weighted by atomic mass is 16.1. The second-order valence-corrected chi connectivity index (χ2v) is 4.69. The van der Waals surface area contributed by atoms with Crippen LogP contribution in [0.2, 0.25) is 0 Å². The van der Waals surface area contributed by atoms with Crippen LogP contribution in [0, 0.1) is 0 Å². The van der Waals surface area contributed by atoms with E-state index in [2.05, 4.69) is 15.6 Å². The molecule has 3 rings (SSSR count). The van der Waals surface area contributed by atoms with Gasteiger partial charge in [0.05, 0.1) is 6.54 Å². The molecule has 0 atom stereocenters. The number of rotatable bonds is 3. The average molecular weight is 268 g/mol. The summed E-state index contributed by atoms with van der Waals surface area (Å²) in [6.45, 7) is 1.71. The van der Waals surface area contributed by atoms with Crippen LogP contribution in [0.15, 0.2) is 47.6 Å². The van der Waals surface area contributed by atoms with E-state index in [1.807, 2.05) is 43.6 Å². The predicted octanol–water partition coefficient (Wildman–Crippen LogP) is 1.63. The fourth-order valence-electron chi connectivity index (χ4n) is 2.19. The van der Waals surface area contributed by atoms with E-state index in [0.29, 0.717) is 5.69 Å². The summed E-state index contributed by atoms with van der Waals surface area (Å²) in [6, 6.07) is 11.3. The molecule has 5 heteroatoms. The Kier molecular flexibility index (Phi) is 3.25. The molecule has 1 aliphatic rings. The summed E-state index contributed by atoms with van der Waals surface area (Å²) in [6.07, 6.45) is 1.85. The summed E-state index contributed by atoms with van der Waals surface area (Å²) in [5.74, 6) is 0.812. The van der Waals surface area contributed by atoms with E-state index < -0.39 is 0 Å². The number of aryl methyl sites for hydroxylation is 1. The van der Waals surface area contributed by atoms with Gasteiger partial charge in [0.15, 0.2) is 0 Å². The molecule has 0 unspecified atom stereocenters. The van der Waals surface area contributed by atoms with E-state index in [-0.39, 0.29) is 5.91 Å². The van der Waals surface area contributed by atoms with Crippen LogP contribution in [-0.4, -0.2) is 29.4 Å². The first-order chi connectivity index (χ1) is 9.74. The van der Waals surface area contributed by atoms with Gasteiger partial charge in [-0.15, -0.1) is 0 Å². The molecular formula is C15H16N4O. The Morgan fingerprint density at radius 3 is 2.70 bits per heavy atom. The Morgan fingerprint density at radius 1 is 1.30 bits per heavy atom. The average Bonchev–Trinajstić information content (AvgIpc) is 3.10. The smallest absolute Gasteiger partial charge is 0.272 e. The second-order valence-electron chi connectivity index (χ2n) is 4.69. The fraction of sp³-hybridized carbons (Fsp3) is 0.200. The summed E-state index contributed by atoms with van der Waals surface area (Å²) in [4.78, 5) is 16.4. The number of amidine groups is 1. The minimum atomic E-state index is -0.110. The van der Waals surface area contributed by atoms with Crippen LogP contribution in [-0.2, 0) is 7.05 Å². The standard InChI is InChI=1S/C15H16N4O/c1-19-10-2-3-13(19)15(20)18-12-6-4-11(5-7-12)14-16-8-9-17-14/h2-7,10H,8-9H2,1H3,(H,16,17)(H,18,20). The minimum absolute atomic E-state index is 0.110. The minimum Gasteiger partial charge on any atom is -0.368 e. The van der Waals surface area contributed by atoms with Gasteiger partial charge in [-0.1, -0.05) is 0 Å². The molecule has 0 radical (unpaired) electrons. The lowest BCUT2D eigenvalue weighted by atomic mass is 10.2. The predicted molar refractivity (Wildman–Crippen MR) is 79.2 cm³/mol. The first-order valence-corrected chi connectivity index (χ1v) is 6.55. The Bertz CT molecular complexity index is 655. The molecule has 1 aliphatic heterocycles. The number of anilines is 1. The van der Waals surface area contributed by atoms with Crippen molar-refractivity contribution in [3.63, 3.8) is 0 Å². The first-order valence-electron chi connectivity index (χ1n) is 6.55. The lowest BCUT2D eigenvalue weighted by Crippen LogP contribution is -2.19. The normalized spacial score (nSPS) is 13.8. The molecule has 20 heavy (non-hydrogen) atoms. The lowest BCUT2D eigenvalue weighted by Gasteiger charge is -2.07. The molecule has 2 N–H and O–H groups in total. The highest BCUT2D eigenvalue weighted by molar-refractivity contribution is 6.04. The van der Waals surface area contributed by atoms with Crippen LogP contribution in [0.5, 0.6) is 0 Å². The van der Waals surface area contributed by atoms with Crippen molar-refractivity contribution in [2.24, 2.45) is 12.0 Å². The maximum absolute atomic E-state index is 12.1. The molecule has 0 spiro atoms. The number of carbonyl (C=O) groups is 1. The molecule has 1 amide bonds. The van der Waals surface area contributed by atoms with Crippen molar-refractivity contribution in [3.8, 4) is 0 Å². The summed E-state index contributed by atoms with van der Waals surface area (Å²) >= 11 is 0. The number of nitrogens with zero attached hydrogens (tertiary/aromatic N) is 2. The van der Waals surface area contributed by atoms with E-state index in [1.54, 1.807) is 10.6 Å². The summed E-state index contributed by atoms with van der Waals surface area (Å²) in [7, 11) is 1.85. The topological polar surface area (TPSA) is 58.4 Å². The number of hydrogen-bond acceptors (Lipinski definition) is 3. The number of aromatic nitrogens is 1. The molecule has 1 aromatic heterocycles. The molecule has 1 aromatic carbocycles. The van der Waals surface area contributed by atoms with E-state index in [9.17, 15) is 4.79 Å². The summed E-state index contributed by atoms with van der Waals surface area (Å²) < 4.78 is 1.79. The van der Waals surface area contributed by atoms with Gasteiger partial charge < -0.3 is 15.2 Å². The molecule has 0 aliphatic carbocycles. The van der Waals surface area contributed by atoms with Crippen LogP contribution in [0.3, 0.4) is 0 Å². The Balaban J connectivity index is 1.72.